The van der Waals surface area contributed by atoms with Crippen molar-refractivity contribution in [2.24, 2.45) is 11.7 Å². The van der Waals surface area contributed by atoms with E-state index >= 15 is 0 Å². The summed E-state index contributed by atoms with van der Waals surface area (Å²) in [7, 11) is 4.19. The van der Waals surface area contributed by atoms with Crippen LogP contribution >= 0.6 is 0 Å². The molecule has 2 fully saturated rings. The zero-order chi connectivity index (χ0) is 17.3. The van der Waals surface area contributed by atoms with Crippen molar-refractivity contribution in [1.29, 1.82) is 0 Å². The highest BCUT2D eigenvalue weighted by molar-refractivity contribution is 5.95. The molecule has 5 nitrogen and oxygen atoms in total. The van der Waals surface area contributed by atoms with E-state index < -0.39 is 0 Å². The first-order chi connectivity index (χ1) is 11.4. The number of primary amides is 1. The Morgan fingerprint density at radius 1 is 1.21 bits per heavy atom. The first-order valence-corrected chi connectivity index (χ1v) is 8.77. The number of likely N-dealkylation sites (N-methyl/N-ethyl adjacent to an activating group) is 1. The predicted octanol–water partition coefficient (Wildman–Crippen LogP) is 1.66. The fraction of sp³-hybridized carbons (Fsp3) is 0.579. The lowest BCUT2D eigenvalue weighted by molar-refractivity contribution is -0.122. The summed E-state index contributed by atoms with van der Waals surface area (Å²) in [6.07, 6.45) is 4.94. The third kappa shape index (κ3) is 3.46. The van der Waals surface area contributed by atoms with Crippen LogP contribution in [0.25, 0.3) is 0 Å². The summed E-state index contributed by atoms with van der Waals surface area (Å²) >= 11 is 0. The lowest BCUT2D eigenvalue weighted by Gasteiger charge is -2.21. The third-order valence-electron chi connectivity index (χ3n) is 5.43. The molecule has 2 saturated carbocycles. The molecule has 2 unspecified atom stereocenters. The molecule has 3 rings (SSSR count). The van der Waals surface area contributed by atoms with Gasteiger partial charge in [0.15, 0.2) is 0 Å². The average molecular weight is 329 g/mol. The number of rotatable bonds is 6. The van der Waals surface area contributed by atoms with Gasteiger partial charge in [-0.2, -0.15) is 0 Å². The molecule has 0 heterocycles. The van der Waals surface area contributed by atoms with E-state index in [9.17, 15) is 9.59 Å². The summed E-state index contributed by atoms with van der Waals surface area (Å²) in [5.41, 5.74) is 7.64. The Morgan fingerprint density at radius 3 is 2.42 bits per heavy atom. The van der Waals surface area contributed by atoms with Crippen LogP contribution in [0.1, 0.15) is 48.0 Å². The molecule has 1 aromatic carbocycles. The number of hydrogen-bond acceptors (Lipinski definition) is 3. The minimum absolute atomic E-state index is 0.114. The highest BCUT2D eigenvalue weighted by Crippen LogP contribution is 2.48. The van der Waals surface area contributed by atoms with Crippen molar-refractivity contribution >= 4 is 11.8 Å². The summed E-state index contributed by atoms with van der Waals surface area (Å²) in [6, 6.07) is 7.82. The van der Waals surface area contributed by atoms with Crippen molar-refractivity contribution in [2.75, 3.05) is 20.6 Å². The van der Waals surface area contributed by atoms with Gasteiger partial charge in [0.1, 0.15) is 0 Å². The van der Waals surface area contributed by atoms with E-state index in [0.717, 1.165) is 25.8 Å². The fourth-order valence-electron chi connectivity index (χ4n) is 3.99. The predicted molar refractivity (Wildman–Crippen MR) is 93.7 cm³/mol. The van der Waals surface area contributed by atoms with E-state index in [1.165, 1.54) is 18.4 Å². The van der Waals surface area contributed by atoms with E-state index in [-0.39, 0.29) is 29.2 Å². The molecule has 0 saturated heterocycles. The minimum Gasteiger partial charge on any atom is -0.369 e. The molecular formula is C19H27N3O2. The minimum atomic E-state index is -0.312. The Labute approximate surface area is 143 Å². The molecule has 0 radical (unpaired) electrons. The first kappa shape index (κ1) is 17.0. The lowest BCUT2D eigenvalue weighted by atomic mass is 9.94. The summed E-state index contributed by atoms with van der Waals surface area (Å²) in [5, 5.41) is 2.98. The third-order valence-corrected chi connectivity index (χ3v) is 5.43. The number of nitrogens with two attached hydrogens (primary N) is 1. The molecular weight excluding hydrogens is 302 g/mol. The number of hydrogen-bond donors (Lipinski definition) is 2. The molecule has 0 bridgehead atoms. The van der Waals surface area contributed by atoms with Crippen LogP contribution in [0, 0.1) is 5.92 Å². The fourth-order valence-corrected chi connectivity index (χ4v) is 3.99. The van der Waals surface area contributed by atoms with Crippen LogP contribution in [0.5, 0.6) is 0 Å². The van der Waals surface area contributed by atoms with Crippen molar-refractivity contribution in [3.05, 3.63) is 35.4 Å². The van der Waals surface area contributed by atoms with E-state index in [2.05, 4.69) is 36.4 Å². The topological polar surface area (TPSA) is 75.4 Å². The summed E-state index contributed by atoms with van der Waals surface area (Å²) in [5.74, 6) is -0.660. The van der Waals surface area contributed by atoms with Gasteiger partial charge in [-0.05, 0) is 57.5 Å². The first-order valence-electron chi connectivity index (χ1n) is 8.77. The second kappa shape index (κ2) is 6.55. The molecule has 24 heavy (non-hydrogen) atoms. The Bertz CT molecular complexity index is 620. The van der Waals surface area contributed by atoms with Crippen LogP contribution in [0.15, 0.2) is 24.3 Å². The maximum atomic E-state index is 12.5. The SMILES string of the molecule is CN(C)CC1(c2ccc(C(=O)NC3CCCC3C(N)=O)cc2)CC1. The van der Waals surface area contributed by atoms with Gasteiger partial charge < -0.3 is 16.0 Å². The second-order valence-electron chi connectivity index (χ2n) is 7.62. The summed E-state index contributed by atoms with van der Waals surface area (Å²) in [4.78, 5) is 26.1. The Morgan fingerprint density at radius 2 is 1.88 bits per heavy atom. The highest BCUT2D eigenvalue weighted by Gasteiger charge is 2.44. The van der Waals surface area contributed by atoms with Crippen LogP contribution < -0.4 is 11.1 Å². The van der Waals surface area contributed by atoms with Crippen LogP contribution in [0.2, 0.25) is 0 Å². The molecule has 1 aromatic rings. The van der Waals surface area contributed by atoms with Gasteiger partial charge in [0.2, 0.25) is 5.91 Å². The van der Waals surface area contributed by atoms with Crippen molar-refractivity contribution < 1.29 is 9.59 Å². The zero-order valence-corrected chi connectivity index (χ0v) is 14.5. The molecule has 0 aromatic heterocycles. The number of benzene rings is 1. The Kier molecular flexibility index (Phi) is 4.63. The van der Waals surface area contributed by atoms with Crippen molar-refractivity contribution in [3.63, 3.8) is 0 Å². The zero-order valence-electron chi connectivity index (χ0n) is 14.5. The van der Waals surface area contributed by atoms with Gasteiger partial charge in [0, 0.05) is 23.6 Å². The van der Waals surface area contributed by atoms with Gasteiger partial charge in [-0.15, -0.1) is 0 Å². The second-order valence-corrected chi connectivity index (χ2v) is 7.62. The molecule has 2 aliphatic carbocycles. The normalized spacial score (nSPS) is 24.8. The van der Waals surface area contributed by atoms with Gasteiger partial charge >= 0.3 is 0 Å². The van der Waals surface area contributed by atoms with Crippen molar-refractivity contribution in [2.45, 2.75) is 43.6 Å². The van der Waals surface area contributed by atoms with E-state index in [1.54, 1.807) is 0 Å². The molecule has 2 amide bonds. The smallest absolute Gasteiger partial charge is 0.251 e. The van der Waals surface area contributed by atoms with Gasteiger partial charge in [-0.3, -0.25) is 9.59 Å². The van der Waals surface area contributed by atoms with Gasteiger partial charge in [-0.1, -0.05) is 18.6 Å². The van der Waals surface area contributed by atoms with Crippen LogP contribution in [0.4, 0.5) is 0 Å². The van der Waals surface area contributed by atoms with E-state index in [0.29, 0.717) is 5.56 Å². The quantitative estimate of drug-likeness (QED) is 0.833. The lowest BCUT2D eigenvalue weighted by Crippen LogP contribution is -2.42. The van der Waals surface area contributed by atoms with Gasteiger partial charge in [0.25, 0.3) is 5.91 Å². The number of carbonyl (C=O) groups is 2. The summed E-state index contributed by atoms with van der Waals surface area (Å²) in [6.45, 7) is 1.04. The molecule has 0 spiro atoms. The molecule has 130 valence electrons. The monoisotopic (exact) mass is 329 g/mol. The van der Waals surface area contributed by atoms with Gasteiger partial charge in [-0.25, -0.2) is 0 Å². The number of amides is 2. The average Bonchev–Trinajstić information content (AvgIpc) is 3.15. The van der Waals surface area contributed by atoms with Gasteiger partial charge in [0.05, 0.1) is 5.92 Å². The molecule has 5 heteroatoms. The van der Waals surface area contributed by atoms with Crippen LogP contribution in [-0.4, -0.2) is 43.4 Å². The Hall–Kier alpha value is -1.88. The number of nitrogens with one attached hydrogen (secondary N) is 1. The largest absolute Gasteiger partial charge is 0.369 e. The van der Waals surface area contributed by atoms with E-state index in [4.69, 9.17) is 5.73 Å². The standard InChI is InChI=1S/C19H27N3O2/c1-22(2)12-19(10-11-19)14-8-6-13(7-9-14)18(24)21-16-5-3-4-15(16)17(20)23/h6-9,15-16H,3-5,10-12H2,1-2H3,(H2,20,23)(H,21,24). The molecule has 0 aliphatic heterocycles. The maximum absolute atomic E-state index is 12.5. The van der Waals surface area contributed by atoms with Crippen LogP contribution in [-0.2, 0) is 10.2 Å². The molecule has 2 aliphatic rings. The number of nitrogens with zero attached hydrogens (tertiary/aromatic N) is 1. The van der Waals surface area contributed by atoms with Crippen LogP contribution in [0.3, 0.4) is 0 Å². The number of carbonyl (C=O) groups excluding carboxylic acids is 2. The highest BCUT2D eigenvalue weighted by atomic mass is 16.2. The van der Waals surface area contributed by atoms with E-state index in [1.807, 2.05) is 12.1 Å². The van der Waals surface area contributed by atoms with Crippen molar-refractivity contribution in [1.82, 2.24) is 10.2 Å². The molecule has 3 N–H and O–H groups in total. The van der Waals surface area contributed by atoms with Crippen molar-refractivity contribution in [3.8, 4) is 0 Å². The summed E-state index contributed by atoms with van der Waals surface area (Å²) < 4.78 is 0. The Balaban J connectivity index is 1.65. The molecule has 2 atom stereocenters. The maximum Gasteiger partial charge on any atom is 0.251 e.